The lowest BCUT2D eigenvalue weighted by atomic mass is 9.86. The lowest BCUT2D eigenvalue weighted by Crippen LogP contribution is -2.44. The third kappa shape index (κ3) is 5.40. The molecule has 154 valence electrons. The first-order valence-corrected chi connectivity index (χ1v) is 10.3. The van der Waals surface area contributed by atoms with E-state index in [0.29, 0.717) is 16.5 Å². The van der Waals surface area contributed by atoms with Crippen LogP contribution in [0.25, 0.3) is 0 Å². The molecule has 1 aliphatic rings. The quantitative estimate of drug-likeness (QED) is 0.481. The maximum Gasteiger partial charge on any atom is 0.242 e. The summed E-state index contributed by atoms with van der Waals surface area (Å²) in [6, 6.07) is 13.7. The first kappa shape index (κ1) is 21.4. The highest BCUT2D eigenvalue weighted by atomic mass is 35.5. The number of hydrogen-bond donors (Lipinski definition) is 3. The second-order valence-corrected chi connectivity index (χ2v) is 9.08. The van der Waals surface area contributed by atoms with Crippen LogP contribution in [0.3, 0.4) is 0 Å². The second kappa shape index (κ2) is 8.59. The third-order valence-electron chi connectivity index (χ3n) is 5.04. The zero-order valence-corrected chi connectivity index (χ0v) is 18.6. The molecule has 0 aromatic heterocycles. The van der Waals surface area contributed by atoms with Crippen molar-refractivity contribution >= 4 is 40.5 Å². The molecule has 29 heavy (non-hydrogen) atoms. The molecule has 5 nitrogen and oxygen atoms in total. The van der Waals surface area contributed by atoms with Crippen LogP contribution in [0.4, 0.5) is 5.69 Å². The number of hydrazine groups is 1. The predicted molar refractivity (Wildman–Crippen MR) is 121 cm³/mol. The van der Waals surface area contributed by atoms with Crippen molar-refractivity contribution in [3.63, 3.8) is 0 Å². The highest BCUT2D eigenvalue weighted by Gasteiger charge is 2.44. The first-order chi connectivity index (χ1) is 13.7. The number of rotatable bonds is 4. The number of carbonyl (C=O) groups is 1. The van der Waals surface area contributed by atoms with E-state index in [1.807, 2.05) is 0 Å². The van der Waals surface area contributed by atoms with Crippen LogP contribution in [0.1, 0.15) is 44.2 Å². The molecule has 2 aromatic rings. The number of amides is 1. The van der Waals surface area contributed by atoms with Crippen molar-refractivity contribution in [2.75, 3.05) is 12.4 Å². The van der Waals surface area contributed by atoms with Gasteiger partial charge in [-0.2, -0.15) is 0 Å². The van der Waals surface area contributed by atoms with Gasteiger partial charge < -0.3 is 10.1 Å². The van der Waals surface area contributed by atoms with Gasteiger partial charge in [-0.15, -0.1) is 0 Å². The van der Waals surface area contributed by atoms with E-state index in [-0.39, 0.29) is 28.3 Å². The molecule has 1 fully saturated rings. The Labute approximate surface area is 182 Å². The Morgan fingerprint density at radius 1 is 1.14 bits per heavy atom. The Balaban J connectivity index is 1.51. The predicted octanol–water partition coefficient (Wildman–Crippen LogP) is 4.77. The summed E-state index contributed by atoms with van der Waals surface area (Å²) in [5.74, 6) is 0.731. The smallest absolute Gasteiger partial charge is 0.242 e. The van der Waals surface area contributed by atoms with E-state index in [1.54, 1.807) is 25.3 Å². The van der Waals surface area contributed by atoms with E-state index in [2.05, 4.69) is 61.2 Å². The van der Waals surface area contributed by atoms with Gasteiger partial charge >= 0.3 is 0 Å². The van der Waals surface area contributed by atoms with Gasteiger partial charge in [-0.05, 0) is 59.3 Å². The summed E-state index contributed by atoms with van der Waals surface area (Å²) in [5.41, 5.74) is 8.66. The van der Waals surface area contributed by atoms with Crippen molar-refractivity contribution in [1.29, 1.82) is 0 Å². The van der Waals surface area contributed by atoms with E-state index in [4.69, 9.17) is 28.6 Å². The van der Waals surface area contributed by atoms with Gasteiger partial charge in [0.15, 0.2) is 5.11 Å². The summed E-state index contributed by atoms with van der Waals surface area (Å²) in [7, 11) is 1.56. The number of hydrogen-bond acceptors (Lipinski definition) is 3. The van der Waals surface area contributed by atoms with Crippen molar-refractivity contribution in [1.82, 2.24) is 10.9 Å². The average Bonchev–Trinajstić information content (AvgIpc) is 3.47. The SMILES string of the molecule is COc1ccc(Cl)cc1NC(=S)NNC(=O)[C@H]1C[C@@H]1c1ccc(C(C)(C)C)cc1. The van der Waals surface area contributed by atoms with Crippen molar-refractivity contribution < 1.29 is 9.53 Å². The van der Waals surface area contributed by atoms with E-state index < -0.39 is 0 Å². The topological polar surface area (TPSA) is 62.4 Å². The number of ether oxygens (including phenoxy) is 1. The molecule has 1 saturated carbocycles. The Morgan fingerprint density at radius 2 is 1.83 bits per heavy atom. The highest BCUT2D eigenvalue weighted by molar-refractivity contribution is 7.80. The molecule has 7 heteroatoms. The minimum absolute atomic E-state index is 0.0495. The third-order valence-corrected chi connectivity index (χ3v) is 5.48. The Bertz CT molecular complexity index is 909. The summed E-state index contributed by atoms with van der Waals surface area (Å²) in [6.07, 6.45) is 0.838. The van der Waals surface area contributed by atoms with Crippen LogP contribution in [0.5, 0.6) is 5.75 Å². The fourth-order valence-electron chi connectivity index (χ4n) is 3.23. The van der Waals surface area contributed by atoms with Crippen molar-refractivity contribution in [2.24, 2.45) is 5.92 Å². The van der Waals surface area contributed by atoms with E-state index in [0.717, 1.165) is 6.42 Å². The molecule has 3 rings (SSSR count). The lowest BCUT2D eigenvalue weighted by molar-refractivity contribution is -0.122. The van der Waals surface area contributed by atoms with E-state index in [1.165, 1.54) is 11.1 Å². The van der Waals surface area contributed by atoms with Crippen LogP contribution in [-0.4, -0.2) is 18.1 Å². The van der Waals surface area contributed by atoms with Gasteiger partial charge in [0.2, 0.25) is 5.91 Å². The lowest BCUT2D eigenvalue weighted by Gasteiger charge is -2.19. The van der Waals surface area contributed by atoms with Gasteiger partial charge in [-0.3, -0.25) is 15.6 Å². The van der Waals surface area contributed by atoms with E-state index >= 15 is 0 Å². The molecule has 3 N–H and O–H groups in total. The molecule has 0 bridgehead atoms. The van der Waals surface area contributed by atoms with Crippen molar-refractivity contribution in [3.8, 4) is 5.75 Å². The Morgan fingerprint density at radius 3 is 2.45 bits per heavy atom. The molecule has 2 atom stereocenters. The van der Waals surface area contributed by atoms with Crippen molar-refractivity contribution in [3.05, 3.63) is 58.6 Å². The fraction of sp³-hybridized carbons (Fsp3) is 0.364. The van der Waals surface area contributed by atoms with Crippen LogP contribution in [0.15, 0.2) is 42.5 Å². The molecule has 0 spiro atoms. The molecule has 0 aliphatic heterocycles. The van der Waals surface area contributed by atoms with E-state index in [9.17, 15) is 4.79 Å². The number of carbonyl (C=O) groups excluding carboxylic acids is 1. The maximum atomic E-state index is 12.4. The standard InChI is InChI=1S/C22H26ClN3O2S/c1-22(2,3)14-7-5-13(6-8-14)16-12-17(16)20(27)25-26-21(29)24-18-11-15(23)9-10-19(18)28-4/h5-11,16-17H,12H2,1-4H3,(H,25,27)(H2,24,26,29)/t16-,17+/m1/s1. The number of benzene rings is 2. The minimum Gasteiger partial charge on any atom is -0.495 e. The fourth-order valence-corrected chi connectivity index (χ4v) is 3.56. The molecule has 0 unspecified atom stereocenters. The zero-order valence-electron chi connectivity index (χ0n) is 17.0. The number of anilines is 1. The number of thiocarbonyl (C=S) groups is 1. The Hall–Kier alpha value is -2.31. The van der Waals surface area contributed by atoms with Gasteiger partial charge in [0.1, 0.15) is 5.75 Å². The normalized spacial score (nSPS) is 18.0. The summed E-state index contributed by atoms with van der Waals surface area (Å²) in [5, 5.41) is 3.79. The van der Waals surface area contributed by atoms with Gasteiger partial charge in [0.25, 0.3) is 0 Å². The van der Waals surface area contributed by atoms with Gasteiger partial charge in [0, 0.05) is 10.9 Å². The molecule has 2 aromatic carbocycles. The van der Waals surface area contributed by atoms with Crippen LogP contribution in [0, 0.1) is 5.92 Å². The first-order valence-electron chi connectivity index (χ1n) is 9.50. The average molecular weight is 432 g/mol. The molecule has 1 amide bonds. The minimum atomic E-state index is -0.0721. The van der Waals surface area contributed by atoms with Gasteiger partial charge in [-0.1, -0.05) is 56.6 Å². The molecular formula is C22H26ClN3O2S. The maximum absolute atomic E-state index is 12.4. The number of halogens is 1. The zero-order chi connectivity index (χ0) is 21.2. The molecule has 1 aliphatic carbocycles. The summed E-state index contributed by atoms with van der Waals surface area (Å²) in [6.45, 7) is 6.57. The second-order valence-electron chi connectivity index (χ2n) is 8.23. The highest BCUT2D eigenvalue weighted by Crippen LogP contribution is 2.47. The number of methoxy groups -OCH3 is 1. The molecular weight excluding hydrogens is 406 g/mol. The molecule has 0 heterocycles. The van der Waals surface area contributed by atoms with Gasteiger partial charge in [-0.25, -0.2) is 0 Å². The largest absolute Gasteiger partial charge is 0.495 e. The van der Waals surface area contributed by atoms with Crippen molar-refractivity contribution in [2.45, 2.75) is 38.5 Å². The number of nitrogens with one attached hydrogen (secondary N) is 3. The Kier molecular flexibility index (Phi) is 6.34. The molecule has 0 radical (unpaired) electrons. The monoisotopic (exact) mass is 431 g/mol. The van der Waals surface area contributed by atoms with Crippen LogP contribution in [0.2, 0.25) is 5.02 Å². The summed E-state index contributed by atoms with van der Waals surface area (Å²) >= 11 is 11.3. The summed E-state index contributed by atoms with van der Waals surface area (Å²) in [4.78, 5) is 12.4. The van der Waals surface area contributed by atoms with Gasteiger partial charge in [0.05, 0.1) is 12.8 Å². The van der Waals surface area contributed by atoms with Crippen LogP contribution >= 0.6 is 23.8 Å². The van der Waals surface area contributed by atoms with Crippen LogP contribution in [-0.2, 0) is 10.2 Å². The molecule has 0 saturated heterocycles. The van der Waals surface area contributed by atoms with Crippen LogP contribution < -0.4 is 20.9 Å². The summed E-state index contributed by atoms with van der Waals surface area (Å²) < 4.78 is 5.27.